The van der Waals surface area contributed by atoms with Crippen molar-refractivity contribution in [2.45, 2.75) is 31.4 Å². The Hall–Kier alpha value is -1.32. The quantitative estimate of drug-likeness (QED) is 0.705. The van der Waals surface area contributed by atoms with Gasteiger partial charge in [-0.1, -0.05) is 30.7 Å². The van der Waals surface area contributed by atoms with Crippen molar-refractivity contribution >= 4 is 5.78 Å². The van der Waals surface area contributed by atoms with Gasteiger partial charge in [0.25, 0.3) is 5.78 Å². The molecule has 1 nitrogen and oxygen atoms in total. The SMILES string of the molecule is O=C(c1ccc(C2CCC2)cc1)C(F)(F)F. The Morgan fingerprint density at radius 1 is 1.12 bits per heavy atom. The first-order valence-electron chi connectivity index (χ1n) is 5.20. The van der Waals surface area contributed by atoms with E-state index in [1.165, 1.54) is 18.6 Å². The van der Waals surface area contributed by atoms with E-state index < -0.39 is 12.0 Å². The molecule has 0 unspecified atom stereocenters. The number of carbonyl (C=O) groups is 1. The highest BCUT2D eigenvalue weighted by Gasteiger charge is 2.39. The van der Waals surface area contributed by atoms with Crippen LogP contribution in [-0.4, -0.2) is 12.0 Å². The summed E-state index contributed by atoms with van der Waals surface area (Å²) in [7, 11) is 0. The van der Waals surface area contributed by atoms with Crippen molar-refractivity contribution in [3.8, 4) is 0 Å². The zero-order valence-corrected chi connectivity index (χ0v) is 8.55. The fourth-order valence-electron chi connectivity index (χ4n) is 1.81. The summed E-state index contributed by atoms with van der Waals surface area (Å²) in [4.78, 5) is 10.9. The van der Waals surface area contributed by atoms with Gasteiger partial charge in [-0.15, -0.1) is 0 Å². The molecule has 0 N–H and O–H groups in total. The van der Waals surface area contributed by atoms with Crippen molar-refractivity contribution in [1.82, 2.24) is 0 Å². The molecule has 1 aromatic rings. The zero-order valence-electron chi connectivity index (χ0n) is 8.55. The van der Waals surface area contributed by atoms with Crippen molar-refractivity contribution < 1.29 is 18.0 Å². The molecule has 0 amide bonds. The fraction of sp³-hybridized carbons (Fsp3) is 0.417. The first-order chi connectivity index (χ1) is 7.48. The van der Waals surface area contributed by atoms with E-state index >= 15 is 0 Å². The predicted octanol–water partition coefficient (Wildman–Crippen LogP) is 3.70. The molecule has 16 heavy (non-hydrogen) atoms. The Morgan fingerprint density at radius 3 is 2.06 bits per heavy atom. The highest BCUT2D eigenvalue weighted by atomic mass is 19.4. The third kappa shape index (κ3) is 2.10. The van der Waals surface area contributed by atoms with E-state index in [2.05, 4.69) is 0 Å². The van der Waals surface area contributed by atoms with E-state index in [1.54, 1.807) is 12.1 Å². The van der Waals surface area contributed by atoms with Gasteiger partial charge in [0, 0.05) is 5.56 Å². The van der Waals surface area contributed by atoms with Crippen LogP contribution in [0.1, 0.15) is 41.1 Å². The van der Waals surface area contributed by atoms with Crippen molar-refractivity contribution in [2.24, 2.45) is 0 Å². The van der Waals surface area contributed by atoms with Crippen LogP contribution in [0, 0.1) is 0 Å². The van der Waals surface area contributed by atoms with Gasteiger partial charge in [0.15, 0.2) is 0 Å². The molecule has 4 heteroatoms. The van der Waals surface area contributed by atoms with Crippen molar-refractivity contribution in [3.63, 3.8) is 0 Å². The molecule has 0 radical (unpaired) electrons. The molecule has 0 saturated heterocycles. The second-order valence-electron chi connectivity index (χ2n) is 4.08. The number of hydrogen-bond donors (Lipinski definition) is 0. The van der Waals surface area contributed by atoms with Gasteiger partial charge in [-0.25, -0.2) is 0 Å². The summed E-state index contributed by atoms with van der Waals surface area (Å²) in [6.45, 7) is 0. The Morgan fingerprint density at radius 2 is 1.69 bits per heavy atom. The Balaban J connectivity index is 2.15. The van der Waals surface area contributed by atoms with Crippen LogP contribution in [0.4, 0.5) is 13.2 Å². The van der Waals surface area contributed by atoms with E-state index in [9.17, 15) is 18.0 Å². The zero-order chi connectivity index (χ0) is 11.8. The van der Waals surface area contributed by atoms with Crippen molar-refractivity contribution in [2.75, 3.05) is 0 Å². The van der Waals surface area contributed by atoms with E-state index in [1.807, 2.05) is 0 Å². The summed E-state index contributed by atoms with van der Waals surface area (Å²) in [6, 6.07) is 5.79. The normalized spacial score (nSPS) is 16.9. The third-order valence-electron chi connectivity index (χ3n) is 3.01. The maximum atomic E-state index is 12.1. The topological polar surface area (TPSA) is 17.1 Å². The minimum Gasteiger partial charge on any atom is -0.284 e. The van der Waals surface area contributed by atoms with Gasteiger partial charge in [-0.05, 0) is 24.3 Å². The highest BCUT2D eigenvalue weighted by molar-refractivity contribution is 6.00. The number of ketones is 1. The molecule has 0 spiro atoms. The lowest BCUT2D eigenvalue weighted by atomic mass is 9.80. The molecule has 1 aliphatic carbocycles. The minimum absolute atomic E-state index is 0.282. The highest BCUT2D eigenvalue weighted by Crippen LogP contribution is 2.36. The molecule has 2 rings (SSSR count). The van der Waals surface area contributed by atoms with Gasteiger partial charge in [0.2, 0.25) is 0 Å². The summed E-state index contributed by atoms with van der Waals surface area (Å²) in [5.74, 6) is -1.30. The van der Waals surface area contributed by atoms with Crippen LogP contribution in [0.2, 0.25) is 0 Å². The van der Waals surface area contributed by atoms with Crippen LogP contribution in [0.15, 0.2) is 24.3 Å². The molecule has 1 saturated carbocycles. The van der Waals surface area contributed by atoms with Crippen LogP contribution in [0.5, 0.6) is 0 Å². The first kappa shape index (κ1) is 11.2. The van der Waals surface area contributed by atoms with E-state index in [0.717, 1.165) is 18.4 Å². The molecular formula is C12H11F3O. The Bertz CT molecular complexity index is 388. The molecule has 1 aromatic carbocycles. The predicted molar refractivity (Wildman–Crippen MR) is 53.4 cm³/mol. The van der Waals surface area contributed by atoms with Gasteiger partial charge in [-0.2, -0.15) is 13.2 Å². The summed E-state index contributed by atoms with van der Waals surface area (Å²) >= 11 is 0. The molecule has 0 aliphatic heterocycles. The maximum Gasteiger partial charge on any atom is 0.454 e. The summed E-state index contributed by atoms with van der Waals surface area (Å²) < 4.78 is 36.4. The maximum absolute atomic E-state index is 12.1. The van der Waals surface area contributed by atoms with Crippen LogP contribution < -0.4 is 0 Å². The Kier molecular flexibility index (Phi) is 2.74. The van der Waals surface area contributed by atoms with E-state index in [0.29, 0.717) is 5.92 Å². The molecule has 0 heterocycles. The molecule has 0 atom stereocenters. The molecule has 0 bridgehead atoms. The molecule has 0 aromatic heterocycles. The number of alkyl halides is 3. The average molecular weight is 228 g/mol. The smallest absolute Gasteiger partial charge is 0.284 e. The monoisotopic (exact) mass is 228 g/mol. The summed E-state index contributed by atoms with van der Waals surface area (Å²) in [6.07, 6.45) is -1.43. The van der Waals surface area contributed by atoms with Gasteiger partial charge in [0.05, 0.1) is 0 Å². The molecule has 1 fully saturated rings. The fourth-order valence-corrected chi connectivity index (χ4v) is 1.81. The number of hydrogen-bond acceptors (Lipinski definition) is 1. The number of carbonyl (C=O) groups excluding carboxylic acids is 1. The largest absolute Gasteiger partial charge is 0.454 e. The molecule has 1 aliphatic rings. The number of Topliss-reactive ketones (excluding diaryl/α,β-unsaturated/α-hetero) is 1. The van der Waals surface area contributed by atoms with Gasteiger partial charge in [-0.3, -0.25) is 4.79 Å². The summed E-state index contributed by atoms with van der Waals surface area (Å²) in [5.41, 5.74) is 0.751. The van der Waals surface area contributed by atoms with Gasteiger partial charge < -0.3 is 0 Å². The lowest BCUT2D eigenvalue weighted by Gasteiger charge is -2.25. The third-order valence-corrected chi connectivity index (χ3v) is 3.01. The molecule has 86 valence electrons. The van der Waals surface area contributed by atoms with Crippen LogP contribution in [0.3, 0.4) is 0 Å². The second kappa shape index (κ2) is 3.92. The van der Waals surface area contributed by atoms with Crippen molar-refractivity contribution in [1.29, 1.82) is 0 Å². The summed E-state index contributed by atoms with van der Waals surface area (Å²) in [5, 5.41) is 0. The number of halogens is 3. The van der Waals surface area contributed by atoms with Crippen LogP contribution >= 0.6 is 0 Å². The van der Waals surface area contributed by atoms with Crippen molar-refractivity contribution in [3.05, 3.63) is 35.4 Å². The molecular weight excluding hydrogens is 217 g/mol. The number of benzene rings is 1. The van der Waals surface area contributed by atoms with Crippen LogP contribution in [0.25, 0.3) is 0 Å². The number of rotatable bonds is 2. The first-order valence-corrected chi connectivity index (χ1v) is 5.20. The van der Waals surface area contributed by atoms with E-state index in [4.69, 9.17) is 0 Å². The lowest BCUT2D eigenvalue weighted by molar-refractivity contribution is -0.0885. The minimum atomic E-state index is -4.78. The van der Waals surface area contributed by atoms with Gasteiger partial charge >= 0.3 is 6.18 Å². The Labute approximate surface area is 91.3 Å². The average Bonchev–Trinajstić information content (AvgIpc) is 2.14. The standard InChI is InChI=1S/C12H11F3O/c13-12(14,15)11(16)10-6-4-9(5-7-10)8-2-1-3-8/h4-8H,1-3H2. The second-order valence-corrected chi connectivity index (χ2v) is 4.08. The van der Waals surface area contributed by atoms with Crippen LogP contribution in [-0.2, 0) is 0 Å². The lowest BCUT2D eigenvalue weighted by Crippen LogP contribution is -2.22. The van der Waals surface area contributed by atoms with E-state index in [-0.39, 0.29) is 5.56 Å². The van der Waals surface area contributed by atoms with Gasteiger partial charge in [0.1, 0.15) is 0 Å².